The molecule has 1 saturated heterocycles. The first-order valence-electron chi connectivity index (χ1n) is 5.67. The molecule has 1 aromatic carbocycles. The van der Waals surface area contributed by atoms with Crippen LogP contribution in [0.2, 0.25) is 0 Å². The van der Waals surface area contributed by atoms with E-state index < -0.39 is 0 Å². The number of hydrogen-bond donors (Lipinski definition) is 2. The zero-order chi connectivity index (χ0) is 11.8. The van der Waals surface area contributed by atoms with Gasteiger partial charge in [-0.15, -0.1) is 0 Å². The summed E-state index contributed by atoms with van der Waals surface area (Å²) in [5, 5.41) is 18.6. The fourth-order valence-electron chi connectivity index (χ4n) is 2.25. The van der Waals surface area contributed by atoms with Crippen LogP contribution < -0.4 is 10.3 Å². The number of para-hydroxylation sites is 2. The van der Waals surface area contributed by atoms with E-state index in [2.05, 4.69) is 10.4 Å². The molecule has 2 N–H and O–H groups in total. The Balaban J connectivity index is 1.98. The molecule has 0 aromatic heterocycles. The number of hydrogen-bond acceptors (Lipinski definition) is 4. The number of carbonyl (C=O) groups excluding carboxylic acids is 1. The van der Waals surface area contributed by atoms with E-state index >= 15 is 0 Å². The lowest BCUT2D eigenvalue weighted by molar-refractivity contribution is -0.119. The fraction of sp³-hybridized carbons (Fsp3) is 0.333. The molecule has 1 amide bonds. The molecular formula is C12H13N3O2. The van der Waals surface area contributed by atoms with Gasteiger partial charge in [0.25, 0.3) is 5.91 Å². The molecule has 0 aliphatic carbocycles. The number of phenols is 1. The molecular weight excluding hydrogens is 218 g/mol. The van der Waals surface area contributed by atoms with Crippen molar-refractivity contribution < 1.29 is 9.90 Å². The third kappa shape index (κ3) is 1.59. The predicted octanol–water partition coefficient (Wildman–Crippen LogP) is 0.704. The van der Waals surface area contributed by atoms with E-state index in [0.717, 1.165) is 18.7 Å². The van der Waals surface area contributed by atoms with Crippen LogP contribution in [-0.4, -0.2) is 29.8 Å². The Morgan fingerprint density at radius 1 is 1.41 bits per heavy atom. The molecule has 0 saturated carbocycles. The highest BCUT2D eigenvalue weighted by Gasteiger charge is 2.38. The Morgan fingerprint density at radius 3 is 3.00 bits per heavy atom. The van der Waals surface area contributed by atoms with Gasteiger partial charge in [-0.25, -0.2) is 0 Å². The van der Waals surface area contributed by atoms with Gasteiger partial charge in [0.05, 0.1) is 11.6 Å². The Morgan fingerprint density at radius 2 is 2.24 bits per heavy atom. The molecule has 1 unspecified atom stereocenters. The summed E-state index contributed by atoms with van der Waals surface area (Å²) in [6, 6.07) is 6.76. The van der Waals surface area contributed by atoms with Crippen molar-refractivity contribution in [3.8, 4) is 5.75 Å². The van der Waals surface area contributed by atoms with Gasteiger partial charge in [-0.3, -0.25) is 4.79 Å². The first-order valence-corrected chi connectivity index (χ1v) is 5.67. The largest absolute Gasteiger partial charge is 0.506 e. The molecule has 3 rings (SSSR count). The molecule has 1 atom stereocenters. The molecule has 1 aromatic rings. The number of nitrogens with one attached hydrogen (secondary N) is 1. The second-order valence-electron chi connectivity index (χ2n) is 4.24. The monoisotopic (exact) mass is 231 g/mol. The number of phenolic OH excluding ortho intramolecular Hbond substituents is 1. The minimum absolute atomic E-state index is 0.0614. The molecule has 0 radical (unpaired) electrons. The van der Waals surface area contributed by atoms with Gasteiger partial charge < -0.3 is 10.4 Å². The van der Waals surface area contributed by atoms with E-state index in [-0.39, 0.29) is 17.6 Å². The summed E-state index contributed by atoms with van der Waals surface area (Å²) < 4.78 is 0. The van der Waals surface area contributed by atoms with E-state index in [1.54, 1.807) is 24.3 Å². The number of aromatic hydroxyl groups is 1. The number of benzene rings is 1. The number of hydrazone groups is 1. The maximum atomic E-state index is 12.2. The van der Waals surface area contributed by atoms with E-state index in [1.165, 1.54) is 5.01 Å². The van der Waals surface area contributed by atoms with Crippen molar-refractivity contribution in [1.82, 2.24) is 5.32 Å². The van der Waals surface area contributed by atoms with Crippen molar-refractivity contribution in [2.24, 2.45) is 11.0 Å². The van der Waals surface area contributed by atoms with Crippen LogP contribution in [0.1, 0.15) is 6.42 Å². The lowest BCUT2D eigenvalue weighted by atomic mass is 9.97. The summed E-state index contributed by atoms with van der Waals surface area (Å²) >= 11 is 0. The van der Waals surface area contributed by atoms with Crippen molar-refractivity contribution in [3.63, 3.8) is 0 Å². The molecule has 0 spiro atoms. The van der Waals surface area contributed by atoms with E-state index in [4.69, 9.17) is 0 Å². The van der Waals surface area contributed by atoms with Crippen molar-refractivity contribution in [1.29, 1.82) is 0 Å². The average Bonchev–Trinajstić information content (AvgIpc) is 2.68. The van der Waals surface area contributed by atoms with Crippen LogP contribution in [0.5, 0.6) is 5.75 Å². The standard InChI is InChI=1S/C12H13N3O2/c16-11-4-2-1-3-10(11)15-12(17)8-7-13-6-5-9(8)14-15/h1-4,8,13,16H,5-7H2. The van der Waals surface area contributed by atoms with Crippen LogP contribution in [0.25, 0.3) is 0 Å². The first kappa shape index (κ1) is 10.3. The molecule has 1 fully saturated rings. The molecule has 0 bridgehead atoms. The van der Waals surface area contributed by atoms with Crippen LogP contribution in [0.15, 0.2) is 29.4 Å². The normalized spacial score (nSPS) is 23.5. The zero-order valence-corrected chi connectivity index (χ0v) is 9.26. The Labute approximate surface area is 98.7 Å². The number of fused-ring (bicyclic) bond motifs is 1. The number of rotatable bonds is 1. The van der Waals surface area contributed by atoms with E-state index in [0.29, 0.717) is 12.2 Å². The van der Waals surface area contributed by atoms with Gasteiger partial charge in [0, 0.05) is 19.5 Å². The number of carbonyl (C=O) groups is 1. The van der Waals surface area contributed by atoms with Gasteiger partial charge in [0.15, 0.2) is 0 Å². The summed E-state index contributed by atoms with van der Waals surface area (Å²) in [7, 11) is 0. The van der Waals surface area contributed by atoms with Gasteiger partial charge in [0.2, 0.25) is 0 Å². The molecule has 5 nitrogen and oxygen atoms in total. The van der Waals surface area contributed by atoms with Crippen LogP contribution in [0, 0.1) is 5.92 Å². The lowest BCUT2D eigenvalue weighted by Crippen LogP contribution is -2.40. The fourth-order valence-corrected chi connectivity index (χ4v) is 2.25. The maximum absolute atomic E-state index is 12.2. The third-order valence-corrected chi connectivity index (χ3v) is 3.15. The van der Waals surface area contributed by atoms with Crippen LogP contribution in [-0.2, 0) is 4.79 Å². The maximum Gasteiger partial charge on any atom is 0.257 e. The Kier molecular flexibility index (Phi) is 2.33. The number of piperidine rings is 1. The van der Waals surface area contributed by atoms with Gasteiger partial charge in [-0.1, -0.05) is 12.1 Å². The topological polar surface area (TPSA) is 64.9 Å². The smallest absolute Gasteiger partial charge is 0.257 e. The molecule has 2 aliphatic heterocycles. The summed E-state index contributed by atoms with van der Waals surface area (Å²) in [5.41, 5.74) is 1.37. The van der Waals surface area contributed by atoms with Crippen molar-refractivity contribution >= 4 is 17.3 Å². The number of nitrogens with zero attached hydrogens (tertiary/aromatic N) is 2. The summed E-state index contributed by atoms with van der Waals surface area (Å²) in [5.74, 6) is -0.145. The SMILES string of the molecule is O=C1C2CNCCC2=NN1c1ccccc1O. The van der Waals surface area contributed by atoms with Crippen LogP contribution >= 0.6 is 0 Å². The van der Waals surface area contributed by atoms with Gasteiger partial charge in [-0.2, -0.15) is 10.1 Å². The van der Waals surface area contributed by atoms with Gasteiger partial charge in [0.1, 0.15) is 11.4 Å². The highest BCUT2D eigenvalue weighted by atomic mass is 16.3. The van der Waals surface area contributed by atoms with Crippen molar-refractivity contribution in [2.75, 3.05) is 18.1 Å². The first-order chi connectivity index (χ1) is 8.27. The molecule has 2 heterocycles. The van der Waals surface area contributed by atoms with E-state index in [1.807, 2.05) is 0 Å². The summed E-state index contributed by atoms with van der Waals surface area (Å²) in [6.07, 6.45) is 0.792. The molecule has 17 heavy (non-hydrogen) atoms. The molecule has 5 heteroatoms. The highest BCUT2D eigenvalue weighted by Crippen LogP contribution is 2.32. The molecule has 2 aliphatic rings. The second-order valence-corrected chi connectivity index (χ2v) is 4.24. The van der Waals surface area contributed by atoms with Gasteiger partial charge >= 0.3 is 0 Å². The second kappa shape index (κ2) is 3.85. The minimum Gasteiger partial charge on any atom is -0.506 e. The van der Waals surface area contributed by atoms with Crippen molar-refractivity contribution in [2.45, 2.75) is 6.42 Å². The lowest BCUT2D eigenvalue weighted by Gasteiger charge is -2.18. The van der Waals surface area contributed by atoms with E-state index in [9.17, 15) is 9.90 Å². The highest BCUT2D eigenvalue weighted by molar-refractivity contribution is 6.16. The van der Waals surface area contributed by atoms with Gasteiger partial charge in [-0.05, 0) is 12.1 Å². The van der Waals surface area contributed by atoms with Crippen molar-refractivity contribution in [3.05, 3.63) is 24.3 Å². The number of anilines is 1. The summed E-state index contributed by atoms with van der Waals surface area (Å²) in [6.45, 7) is 1.50. The predicted molar refractivity (Wildman–Crippen MR) is 64.0 cm³/mol. The van der Waals surface area contributed by atoms with Crippen LogP contribution in [0.4, 0.5) is 5.69 Å². The minimum atomic E-state index is -0.164. The summed E-state index contributed by atoms with van der Waals surface area (Å²) in [4.78, 5) is 12.2. The quantitative estimate of drug-likeness (QED) is 0.748. The third-order valence-electron chi connectivity index (χ3n) is 3.15. The molecule has 88 valence electrons. The number of amides is 1. The average molecular weight is 231 g/mol. The Bertz CT molecular complexity index is 498. The Hall–Kier alpha value is -1.88. The van der Waals surface area contributed by atoms with Crippen LogP contribution in [0.3, 0.4) is 0 Å². The zero-order valence-electron chi connectivity index (χ0n) is 9.26.